The molecule has 0 aromatic heterocycles. The summed E-state index contributed by atoms with van der Waals surface area (Å²) < 4.78 is 5.58. The summed E-state index contributed by atoms with van der Waals surface area (Å²) in [4.78, 5) is 18.5. The van der Waals surface area contributed by atoms with Crippen LogP contribution < -0.4 is 0 Å². The van der Waals surface area contributed by atoms with E-state index in [9.17, 15) is 9.90 Å². The van der Waals surface area contributed by atoms with Crippen molar-refractivity contribution in [3.05, 3.63) is 63.2 Å². The highest BCUT2D eigenvalue weighted by molar-refractivity contribution is 6.30. The Kier molecular flexibility index (Phi) is 8.78. The summed E-state index contributed by atoms with van der Waals surface area (Å²) in [6, 6.07) is 6.09. The number of hydrogen-bond donors (Lipinski definition) is 1. The van der Waals surface area contributed by atoms with E-state index in [1.807, 2.05) is 50.9 Å². The van der Waals surface area contributed by atoms with Crippen LogP contribution in [-0.2, 0) is 4.74 Å². The second-order valence-corrected chi connectivity index (χ2v) is 10.6. The number of aliphatic hydroxyl groups excluding tert-OH is 1. The third-order valence-electron chi connectivity index (χ3n) is 6.26. The van der Waals surface area contributed by atoms with Crippen LogP contribution in [0.2, 0.25) is 5.02 Å². The van der Waals surface area contributed by atoms with Crippen LogP contribution in [0.15, 0.2) is 52.1 Å². The summed E-state index contributed by atoms with van der Waals surface area (Å²) in [6.45, 7) is 9.15. The van der Waals surface area contributed by atoms with Crippen molar-refractivity contribution < 1.29 is 14.6 Å². The molecule has 34 heavy (non-hydrogen) atoms. The van der Waals surface area contributed by atoms with E-state index < -0.39 is 5.60 Å². The number of ether oxygens (including phenoxy) is 1. The van der Waals surface area contributed by atoms with E-state index >= 15 is 0 Å². The van der Waals surface area contributed by atoms with Gasteiger partial charge in [0, 0.05) is 43.9 Å². The third kappa shape index (κ3) is 6.83. The zero-order valence-electron chi connectivity index (χ0n) is 21.0. The Balaban J connectivity index is 1.95. The van der Waals surface area contributed by atoms with Crippen LogP contribution >= 0.6 is 11.6 Å². The number of amides is 1. The van der Waals surface area contributed by atoms with Crippen LogP contribution in [0, 0.1) is 5.92 Å². The summed E-state index contributed by atoms with van der Waals surface area (Å²) in [5.74, 6) is 0.558. The molecule has 2 aliphatic rings. The van der Waals surface area contributed by atoms with Gasteiger partial charge in [0.15, 0.2) is 0 Å². The van der Waals surface area contributed by atoms with Gasteiger partial charge in [0.2, 0.25) is 0 Å². The molecular weight excluding hydrogens is 448 g/mol. The van der Waals surface area contributed by atoms with Crippen molar-refractivity contribution in [2.45, 2.75) is 58.5 Å². The first-order valence-corrected chi connectivity index (χ1v) is 12.4. The zero-order chi connectivity index (χ0) is 24.9. The standard InChI is InChI=1S/C28H37ClN2O3/c1-19(18-30-5)14-22-17-26(20-8-11-31(12-9-20)27(33)34-28(2,3)4)25-7-6-24(29)16-23(25)15-21(22)10-13-32/h6-7,14-18,20,26,32H,8-13H2,1-5H3/b19-14-,30-18?. The third-order valence-corrected chi connectivity index (χ3v) is 6.50. The average Bonchev–Trinajstić information content (AvgIpc) is 2.90. The summed E-state index contributed by atoms with van der Waals surface area (Å²) in [7, 11) is 1.77. The van der Waals surface area contributed by atoms with Crippen molar-refractivity contribution in [2.75, 3.05) is 26.7 Å². The molecule has 1 aliphatic heterocycles. The number of nitrogens with zero attached hydrogens (tertiary/aromatic N) is 2. The lowest BCUT2D eigenvalue weighted by Gasteiger charge is -2.36. The van der Waals surface area contributed by atoms with Gasteiger partial charge in [-0.25, -0.2) is 4.79 Å². The SMILES string of the molecule is CN=C/C(C)=C\C1=CC(C2CCN(C(=O)OC(C)(C)C)CC2)c2ccc(Cl)cc2C=C1CCO. The Morgan fingerprint density at radius 1 is 1.29 bits per heavy atom. The molecule has 0 radical (unpaired) electrons. The minimum atomic E-state index is -0.494. The first-order valence-electron chi connectivity index (χ1n) is 12.0. The number of hydrogen-bond acceptors (Lipinski definition) is 4. The number of piperidine rings is 1. The van der Waals surface area contributed by atoms with E-state index in [0.717, 1.165) is 35.1 Å². The van der Waals surface area contributed by atoms with Gasteiger partial charge in [-0.2, -0.15) is 0 Å². The molecule has 1 aromatic rings. The molecule has 0 bridgehead atoms. The van der Waals surface area contributed by atoms with E-state index in [1.54, 1.807) is 7.05 Å². The summed E-state index contributed by atoms with van der Waals surface area (Å²) >= 11 is 6.37. The number of carbonyl (C=O) groups is 1. The molecule has 3 rings (SSSR count). The Hall–Kier alpha value is -2.37. The maximum absolute atomic E-state index is 12.6. The highest BCUT2D eigenvalue weighted by Gasteiger charge is 2.32. The lowest BCUT2D eigenvalue weighted by atomic mass is 9.78. The number of aliphatic imine (C=N–C) groups is 1. The van der Waals surface area contributed by atoms with E-state index in [4.69, 9.17) is 16.3 Å². The monoisotopic (exact) mass is 484 g/mol. The van der Waals surface area contributed by atoms with Crippen molar-refractivity contribution in [1.82, 2.24) is 4.90 Å². The van der Waals surface area contributed by atoms with Crippen molar-refractivity contribution in [1.29, 1.82) is 0 Å². The number of halogens is 1. The molecule has 1 amide bonds. The van der Waals surface area contributed by atoms with Crippen LogP contribution in [0.4, 0.5) is 4.79 Å². The number of fused-ring (bicyclic) bond motifs is 1. The van der Waals surface area contributed by atoms with Gasteiger partial charge < -0.3 is 14.7 Å². The van der Waals surface area contributed by atoms with Crippen LogP contribution in [0.3, 0.4) is 0 Å². The van der Waals surface area contributed by atoms with Gasteiger partial charge >= 0.3 is 6.09 Å². The molecule has 1 heterocycles. The first kappa shape index (κ1) is 26.2. The molecule has 0 saturated carbocycles. The minimum absolute atomic E-state index is 0.0762. The van der Waals surface area contributed by atoms with Crippen molar-refractivity contribution in [3.63, 3.8) is 0 Å². The van der Waals surface area contributed by atoms with Gasteiger partial charge in [0.25, 0.3) is 0 Å². The highest BCUT2D eigenvalue weighted by atomic mass is 35.5. The Labute approximate surface area is 208 Å². The van der Waals surface area contributed by atoms with Crippen molar-refractivity contribution in [2.24, 2.45) is 10.9 Å². The predicted octanol–water partition coefficient (Wildman–Crippen LogP) is 6.42. The number of likely N-dealkylation sites (tertiary alicyclic amines) is 1. The number of rotatable bonds is 5. The lowest BCUT2D eigenvalue weighted by molar-refractivity contribution is 0.0179. The number of aliphatic hydroxyl groups is 1. The topological polar surface area (TPSA) is 62.1 Å². The number of benzene rings is 1. The largest absolute Gasteiger partial charge is 0.444 e. The normalized spacial score (nSPS) is 20.0. The Morgan fingerprint density at radius 2 is 2.00 bits per heavy atom. The van der Waals surface area contributed by atoms with Gasteiger partial charge in [-0.3, -0.25) is 4.99 Å². The fourth-order valence-corrected chi connectivity index (χ4v) is 4.94. The van der Waals surface area contributed by atoms with Gasteiger partial charge in [-0.15, -0.1) is 0 Å². The average molecular weight is 485 g/mol. The molecule has 1 aliphatic carbocycles. The quantitative estimate of drug-likeness (QED) is 0.490. The van der Waals surface area contributed by atoms with Gasteiger partial charge in [0.05, 0.1) is 0 Å². The smallest absolute Gasteiger partial charge is 0.410 e. The maximum Gasteiger partial charge on any atom is 0.410 e. The number of allylic oxidation sites excluding steroid dienone is 4. The van der Waals surface area contributed by atoms with Crippen LogP contribution in [0.1, 0.15) is 64.0 Å². The highest BCUT2D eigenvalue weighted by Crippen LogP contribution is 2.41. The second kappa shape index (κ2) is 11.4. The van der Waals surface area contributed by atoms with Gasteiger partial charge in [-0.1, -0.05) is 35.9 Å². The van der Waals surface area contributed by atoms with E-state index in [1.165, 1.54) is 5.56 Å². The zero-order valence-corrected chi connectivity index (χ0v) is 21.7. The fourth-order valence-electron chi connectivity index (χ4n) is 4.76. The summed E-state index contributed by atoms with van der Waals surface area (Å²) in [5.41, 5.74) is 5.09. The predicted molar refractivity (Wildman–Crippen MR) is 141 cm³/mol. The lowest BCUT2D eigenvalue weighted by Crippen LogP contribution is -2.42. The summed E-state index contributed by atoms with van der Waals surface area (Å²) in [5, 5.41) is 10.5. The number of carbonyl (C=O) groups excluding carboxylic acids is 1. The van der Waals surface area contributed by atoms with E-state index in [0.29, 0.717) is 30.5 Å². The molecule has 1 unspecified atom stereocenters. The van der Waals surface area contributed by atoms with Crippen LogP contribution in [0.5, 0.6) is 0 Å². The fraction of sp³-hybridized carbons (Fsp3) is 0.500. The van der Waals surface area contributed by atoms with Crippen LogP contribution in [-0.4, -0.2) is 54.7 Å². The molecule has 1 saturated heterocycles. The first-order chi connectivity index (χ1) is 16.1. The van der Waals surface area contributed by atoms with Gasteiger partial charge in [-0.05, 0) is 92.9 Å². The molecular formula is C28H37ClN2O3. The second-order valence-electron chi connectivity index (χ2n) is 10.1. The minimum Gasteiger partial charge on any atom is -0.444 e. The molecule has 184 valence electrons. The summed E-state index contributed by atoms with van der Waals surface area (Å²) in [6.07, 6.45) is 10.6. The molecule has 1 N–H and O–H groups in total. The molecule has 1 aromatic carbocycles. The maximum atomic E-state index is 12.6. The molecule has 1 atom stereocenters. The van der Waals surface area contributed by atoms with Gasteiger partial charge in [0.1, 0.15) is 5.60 Å². The van der Waals surface area contributed by atoms with E-state index in [-0.39, 0.29) is 18.6 Å². The molecule has 0 spiro atoms. The Morgan fingerprint density at radius 3 is 2.62 bits per heavy atom. The van der Waals surface area contributed by atoms with Crippen molar-refractivity contribution >= 4 is 30.0 Å². The molecule has 5 nitrogen and oxygen atoms in total. The van der Waals surface area contributed by atoms with Crippen molar-refractivity contribution in [3.8, 4) is 0 Å². The molecule has 6 heteroatoms. The molecule has 1 fully saturated rings. The Bertz CT molecular complexity index is 1010. The van der Waals surface area contributed by atoms with Crippen LogP contribution in [0.25, 0.3) is 6.08 Å². The van der Waals surface area contributed by atoms with E-state index in [2.05, 4.69) is 29.3 Å².